The summed E-state index contributed by atoms with van der Waals surface area (Å²) in [4.78, 5) is 25.7. The Hall–Kier alpha value is -1.60. The SMILES string of the molecule is COC1CCN(c2sc(C(C)=O)c(N)c2C(N)=O)CC1. The highest BCUT2D eigenvalue weighted by Gasteiger charge is 2.28. The van der Waals surface area contributed by atoms with Crippen LogP contribution in [0.2, 0.25) is 0 Å². The van der Waals surface area contributed by atoms with Crippen molar-refractivity contribution >= 4 is 33.7 Å². The summed E-state index contributed by atoms with van der Waals surface area (Å²) in [7, 11) is 1.70. The van der Waals surface area contributed by atoms with Crippen molar-refractivity contribution in [3.8, 4) is 0 Å². The minimum Gasteiger partial charge on any atom is -0.397 e. The molecule has 7 heteroatoms. The monoisotopic (exact) mass is 297 g/mol. The fourth-order valence-electron chi connectivity index (χ4n) is 2.45. The number of nitrogen functional groups attached to an aromatic ring is 1. The van der Waals surface area contributed by atoms with E-state index in [1.165, 1.54) is 18.3 Å². The molecule has 0 spiro atoms. The fourth-order valence-corrected chi connectivity index (χ4v) is 3.62. The van der Waals surface area contributed by atoms with Crippen LogP contribution in [0.4, 0.5) is 10.7 Å². The van der Waals surface area contributed by atoms with Gasteiger partial charge in [-0.25, -0.2) is 0 Å². The molecule has 0 unspecified atom stereocenters. The lowest BCUT2D eigenvalue weighted by Crippen LogP contribution is -2.37. The number of ether oxygens (including phenoxy) is 1. The first kappa shape index (κ1) is 14.8. The van der Waals surface area contributed by atoms with E-state index in [-0.39, 0.29) is 23.1 Å². The first-order valence-electron chi connectivity index (χ1n) is 6.46. The number of ketones is 1. The highest BCUT2D eigenvalue weighted by Crippen LogP contribution is 2.39. The van der Waals surface area contributed by atoms with E-state index in [2.05, 4.69) is 4.90 Å². The van der Waals surface area contributed by atoms with Crippen LogP contribution in [-0.4, -0.2) is 38.0 Å². The minimum atomic E-state index is -0.588. The molecular formula is C13H19N3O3S. The Kier molecular flexibility index (Phi) is 4.29. The molecule has 110 valence electrons. The van der Waals surface area contributed by atoms with Crippen LogP contribution in [0.5, 0.6) is 0 Å². The first-order chi connectivity index (χ1) is 9.45. The number of amides is 1. The first-order valence-corrected chi connectivity index (χ1v) is 7.28. The molecule has 1 aromatic rings. The number of methoxy groups -OCH3 is 1. The van der Waals surface area contributed by atoms with Crippen molar-refractivity contribution in [2.75, 3.05) is 30.8 Å². The van der Waals surface area contributed by atoms with Crippen molar-refractivity contribution in [2.45, 2.75) is 25.9 Å². The van der Waals surface area contributed by atoms with Gasteiger partial charge < -0.3 is 21.1 Å². The lowest BCUT2D eigenvalue weighted by molar-refractivity contribution is 0.0820. The minimum absolute atomic E-state index is 0.145. The van der Waals surface area contributed by atoms with Gasteiger partial charge in [0.2, 0.25) is 0 Å². The number of Topliss-reactive ketones (excluding diaryl/α,β-unsaturated/α-hetero) is 1. The van der Waals surface area contributed by atoms with Gasteiger partial charge in [-0.05, 0) is 12.8 Å². The van der Waals surface area contributed by atoms with Gasteiger partial charge >= 0.3 is 0 Å². The second-order valence-corrected chi connectivity index (χ2v) is 5.87. The van der Waals surface area contributed by atoms with E-state index in [0.29, 0.717) is 9.88 Å². The number of thiophene rings is 1. The Bertz CT molecular complexity index is 533. The van der Waals surface area contributed by atoms with Crippen LogP contribution in [-0.2, 0) is 4.74 Å². The summed E-state index contributed by atoms with van der Waals surface area (Å²) in [5.74, 6) is -0.733. The number of piperidine rings is 1. The molecule has 0 atom stereocenters. The molecule has 1 amide bonds. The maximum absolute atomic E-state index is 11.6. The molecule has 0 aromatic carbocycles. The standard InChI is InChI=1S/C13H19N3O3S/c1-7(17)11-10(14)9(12(15)18)13(20-11)16-5-3-8(19-2)4-6-16/h8H,3-6,14H2,1-2H3,(H2,15,18). The highest BCUT2D eigenvalue weighted by molar-refractivity contribution is 7.19. The largest absolute Gasteiger partial charge is 0.397 e. The number of hydrogen-bond donors (Lipinski definition) is 2. The molecule has 1 saturated heterocycles. The highest BCUT2D eigenvalue weighted by atomic mass is 32.1. The summed E-state index contributed by atoms with van der Waals surface area (Å²) in [6.45, 7) is 2.96. The van der Waals surface area contributed by atoms with Crippen LogP contribution < -0.4 is 16.4 Å². The van der Waals surface area contributed by atoms with E-state index in [0.717, 1.165) is 25.9 Å². The van der Waals surface area contributed by atoms with Gasteiger partial charge in [0.05, 0.1) is 22.2 Å². The zero-order chi connectivity index (χ0) is 14.9. The fraction of sp³-hybridized carbons (Fsp3) is 0.538. The van der Waals surface area contributed by atoms with Crippen molar-refractivity contribution in [1.29, 1.82) is 0 Å². The number of primary amides is 1. The Morgan fingerprint density at radius 2 is 1.95 bits per heavy atom. The van der Waals surface area contributed by atoms with Crippen LogP contribution in [0.25, 0.3) is 0 Å². The van der Waals surface area contributed by atoms with Crippen molar-refractivity contribution < 1.29 is 14.3 Å². The third-order valence-corrected chi connectivity index (χ3v) is 4.92. The van der Waals surface area contributed by atoms with Gasteiger partial charge in [0, 0.05) is 27.1 Å². The molecule has 6 nitrogen and oxygen atoms in total. The molecule has 4 N–H and O–H groups in total. The van der Waals surface area contributed by atoms with Crippen LogP contribution in [0, 0.1) is 0 Å². The van der Waals surface area contributed by atoms with E-state index in [9.17, 15) is 9.59 Å². The molecule has 1 aliphatic heterocycles. The number of carbonyl (C=O) groups excluding carboxylic acids is 2. The Morgan fingerprint density at radius 3 is 2.40 bits per heavy atom. The van der Waals surface area contributed by atoms with E-state index in [1.807, 2.05) is 0 Å². The number of nitrogens with two attached hydrogens (primary N) is 2. The molecule has 1 aliphatic rings. The normalized spacial score (nSPS) is 16.4. The Labute approximate surface area is 121 Å². The molecule has 0 radical (unpaired) electrons. The van der Waals surface area contributed by atoms with Crippen LogP contribution in [0.1, 0.15) is 39.8 Å². The van der Waals surface area contributed by atoms with Crippen LogP contribution in [0.3, 0.4) is 0 Å². The summed E-state index contributed by atoms with van der Waals surface area (Å²) in [6.07, 6.45) is 2.00. The maximum atomic E-state index is 11.6. The summed E-state index contributed by atoms with van der Waals surface area (Å²) < 4.78 is 5.33. The quantitative estimate of drug-likeness (QED) is 0.815. The van der Waals surface area contributed by atoms with Crippen LogP contribution >= 0.6 is 11.3 Å². The molecule has 0 aliphatic carbocycles. The topological polar surface area (TPSA) is 98.7 Å². The average molecular weight is 297 g/mol. The molecule has 1 aromatic heterocycles. The van der Waals surface area contributed by atoms with Crippen molar-refractivity contribution in [3.63, 3.8) is 0 Å². The lowest BCUT2D eigenvalue weighted by Gasteiger charge is -2.32. The number of rotatable bonds is 4. The zero-order valence-electron chi connectivity index (χ0n) is 11.6. The van der Waals surface area contributed by atoms with E-state index < -0.39 is 5.91 Å². The van der Waals surface area contributed by atoms with Gasteiger partial charge in [0.15, 0.2) is 5.78 Å². The predicted octanol–water partition coefficient (Wildman–Crippen LogP) is 1.25. The zero-order valence-corrected chi connectivity index (χ0v) is 12.5. The molecule has 2 rings (SSSR count). The molecule has 0 saturated carbocycles. The maximum Gasteiger partial charge on any atom is 0.253 e. The molecular weight excluding hydrogens is 278 g/mol. The smallest absolute Gasteiger partial charge is 0.253 e. The summed E-state index contributed by atoms with van der Waals surface area (Å²) >= 11 is 1.25. The van der Waals surface area contributed by atoms with Gasteiger partial charge in [-0.2, -0.15) is 0 Å². The number of nitrogens with zero attached hydrogens (tertiary/aromatic N) is 1. The summed E-state index contributed by atoms with van der Waals surface area (Å²) in [5.41, 5.74) is 11.8. The number of carbonyl (C=O) groups is 2. The van der Waals surface area contributed by atoms with E-state index in [1.54, 1.807) is 7.11 Å². The lowest BCUT2D eigenvalue weighted by atomic mass is 10.1. The van der Waals surface area contributed by atoms with Crippen molar-refractivity contribution in [2.24, 2.45) is 5.73 Å². The number of anilines is 2. The van der Waals surface area contributed by atoms with E-state index in [4.69, 9.17) is 16.2 Å². The van der Waals surface area contributed by atoms with E-state index >= 15 is 0 Å². The Balaban J connectivity index is 2.34. The van der Waals surface area contributed by atoms with Crippen molar-refractivity contribution in [3.05, 3.63) is 10.4 Å². The van der Waals surface area contributed by atoms with Gasteiger partial charge in [-0.1, -0.05) is 0 Å². The molecule has 1 fully saturated rings. The van der Waals surface area contributed by atoms with Crippen molar-refractivity contribution in [1.82, 2.24) is 0 Å². The predicted molar refractivity (Wildman–Crippen MR) is 79.5 cm³/mol. The van der Waals surface area contributed by atoms with Gasteiger partial charge in [0.1, 0.15) is 5.00 Å². The molecule has 20 heavy (non-hydrogen) atoms. The third kappa shape index (κ3) is 2.64. The summed E-state index contributed by atoms with van der Waals surface area (Å²) in [5, 5.41) is 0.703. The Morgan fingerprint density at radius 1 is 1.35 bits per heavy atom. The second-order valence-electron chi connectivity index (χ2n) is 4.87. The van der Waals surface area contributed by atoms with Crippen LogP contribution in [0.15, 0.2) is 0 Å². The van der Waals surface area contributed by atoms with Gasteiger partial charge in [0.25, 0.3) is 5.91 Å². The summed E-state index contributed by atoms with van der Waals surface area (Å²) in [6, 6.07) is 0. The second kappa shape index (κ2) is 5.80. The molecule has 2 heterocycles. The average Bonchev–Trinajstić information content (AvgIpc) is 2.76. The van der Waals surface area contributed by atoms with Gasteiger partial charge in [-0.15, -0.1) is 11.3 Å². The third-order valence-electron chi connectivity index (χ3n) is 3.56. The number of hydrogen-bond acceptors (Lipinski definition) is 6. The van der Waals surface area contributed by atoms with Gasteiger partial charge in [-0.3, -0.25) is 9.59 Å². The molecule has 0 bridgehead atoms.